The first-order valence-electron chi connectivity index (χ1n) is 5.47. The van der Waals surface area contributed by atoms with Gasteiger partial charge in [0.1, 0.15) is 5.82 Å². The first-order chi connectivity index (χ1) is 8.56. The van der Waals surface area contributed by atoms with Crippen LogP contribution in [0.15, 0.2) is 15.9 Å². The summed E-state index contributed by atoms with van der Waals surface area (Å²) in [7, 11) is 0. The zero-order valence-corrected chi connectivity index (χ0v) is 12.4. The minimum atomic E-state index is -0.165. The Bertz CT molecular complexity index is 551. The highest BCUT2D eigenvalue weighted by Gasteiger charge is 2.17. The highest BCUT2D eigenvalue weighted by molar-refractivity contribution is 9.11. The van der Waals surface area contributed by atoms with Gasteiger partial charge in [-0.25, -0.2) is 4.98 Å². The second kappa shape index (κ2) is 5.62. The molecule has 5 nitrogen and oxygen atoms in total. The monoisotopic (exact) mass is 328 g/mol. The zero-order valence-electron chi connectivity index (χ0n) is 10.0. The lowest BCUT2D eigenvalue weighted by molar-refractivity contribution is -0.122. The van der Waals surface area contributed by atoms with Crippen molar-refractivity contribution in [3.05, 3.63) is 32.4 Å². The molecular weight excluding hydrogens is 316 g/mol. The van der Waals surface area contributed by atoms with E-state index in [9.17, 15) is 4.79 Å². The number of amides is 1. The molecule has 0 fully saturated rings. The van der Waals surface area contributed by atoms with E-state index < -0.39 is 0 Å². The summed E-state index contributed by atoms with van der Waals surface area (Å²) in [6.07, 6.45) is 0. The van der Waals surface area contributed by atoms with Gasteiger partial charge in [0.15, 0.2) is 5.82 Å². The number of aryl methyl sites for hydroxylation is 1. The average molecular weight is 329 g/mol. The summed E-state index contributed by atoms with van der Waals surface area (Å²) in [5, 5.41) is 9.54. The van der Waals surface area contributed by atoms with Crippen LogP contribution < -0.4 is 5.32 Å². The molecule has 7 heteroatoms. The van der Waals surface area contributed by atoms with Crippen molar-refractivity contribution in [3.8, 4) is 0 Å². The van der Waals surface area contributed by atoms with E-state index in [4.69, 9.17) is 0 Å². The number of aromatic nitrogens is 3. The van der Waals surface area contributed by atoms with E-state index in [2.05, 4.69) is 36.4 Å². The fourth-order valence-electron chi connectivity index (χ4n) is 1.48. The lowest BCUT2D eigenvalue weighted by Crippen LogP contribution is -2.27. The van der Waals surface area contributed by atoms with Crippen molar-refractivity contribution < 1.29 is 4.79 Å². The van der Waals surface area contributed by atoms with Crippen LogP contribution >= 0.6 is 27.3 Å². The van der Waals surface area contributed by atoms with Gasteiger partial charge < -0.3 is 5.32 Å². The Morgan fingerprint density at radius 3 is 2.94 bits per heavy atom. The molecule has 0 saturated carbocycles. The predicted molar refractivity (Wildman–Crippen MR) is 73.4 cm³/mol. The van der Waals surface area contributed by atoms with Gasteiger partial charge in [-0.05, 0) is 41.9 Å². The van der Waals surface area contributed by atoms with E-state index in [0.717, 1.165) is 14.5 Å². The van der Waals surface area contributed by atoms with Gasteiger partial charge in [0.05, 0.1) is 16.2 Å². The van der Waals surface area contributed by atoms with Crippen LogP contribution in [0, 0.1) is 6.92 Å². The Hall–Kier alpha value is -1.21. The number of rotatable bonds is 4. The Morgan fingerprint density at radius 1 is 1.61 bits per heavy atom. The molecule has 0 spiro atoms. The SMILES string of the molecule is Cc1nc(CNC(=O)[C@@H](C)c2ccc(Br)s2)n[nH]1. The van der Waals surface area contributed by atoms with E-state index in [0.29, 0.717) is 12.4 Å². The molecule has 96 valence electrons. The Morgan fingerprint density at radius 2 is 2.39 bits per heavy atom. The van der Waals surface area contributed by atoms with Crippen LogP contribution in [0.3, 0.4) is 0 Å². The maximum absolute atomic E-state index is 11.9. The summed E-state index contributed by atoms with van der Waals surface area (Å²) in [6, 6.07) is 3.90. The molecule has 0 bridgehead atoms. The molecule has 18 heavy (non-hydrogen) atoms. The molecule has 0 aliphatic heterocycles. The van der Waals surface area contributed by atoms with Gasteiger partial charge in [-0.15, -0.1) is 11.3 Å². The van der Waals surface area contributed by atoms with Gasteiger partial charge in [-0.1, -0.05) is 0 Å². The van der Waals surface area contributed by atoms with Crippen molar-refractivity contribution >= 4 is 33.2 Å². The molecule has 1 amide bonds. The second-order valence-corrected chi connectivity index (χ2v) is 6.41. The number of hydrogen-bond acceptors (Lipinski definition) is 4. The van der Waals surface area contributed by atoms with Crippen LogP contribution in [0.1, 0.15) is 29.4 Å². The van der Waals surface area contributed by atoms with Crippen molar-refractivity contribution in [2.24, 2.45) is 0 Å². The van der Waals surface area contributed by atoms with Crippen LogP contribution in [0.2, 0.25) is 0 Å². The van der Waals surface area contributed by atoms with E-state index in [1.54, 1.807) is 11.3 Å². The van der Waals surface area contributed by atoms with E-state index in [1.165, 1.54) is 0 Å². The normalized spacial score (nSPS) is 12.4. The van der Waals surface area contributed by atoms with Gasteiger partial charge >= 0.3 is 0 Å². The number of carbonyl (C=O) groups excluding carboxylic acids is 1. The first kappa shape index (κ1) is 13.2. The summed E-state index contributed by atoms with van der Waals surface area (Å²) in [5.74, 6) is 1.16. The summed E-state index contributed by atoms with van der Waals surface area (Å²) >= 11 is 4.96. The van der Waals surface area contributed by atoms with Crippen molar-refractivity contribution in [2.45, 2.75) is 26.3 Å². The lowest BCUT2D eigenvalue weighted by atomic mass is 10.1. The van der Waals surface area contributed by atoms with Crippen LogP contribution in [-0.2, 0) is 11.3 Å². The molecule has 0 aliphatic rings. The average Bonchev–Trinajstić information content (AvgIpc) is 2.94. The maximum atomic E-state index is 11.9. The van der Waals surface area contributed by atoms with Gasteiger partial charge in [-0.2, -0.15) is 5.10 Å². The highest BCUT2D eigenvalue weighted by Crippen LogP contribution is 2.28. The number of carbonyl (C=O) groups is 1. The first-order valence-corrected chi connectivity index (χ1v) is 7.08. The highest BCUT2D eigenvalue weighted by atomic mass is 79.9. The molecule has 0 aromatic carbocycles. The molecule has 0 aliphatic carbocycles. The number of aromatic amines is 1. The van der Waals surface area contributed by atoms with Crippen molar-refractivity contribution in [3.63, 3.8) is 0 Å². The summed E-state index contributed by atoms with van der Waals surface area (Å²) in [4.78, 5) is 17.1. The molecule has 0 saturated heterocycles. The van der Waals surface area contributed by atoms with Crippen molar-refractivity contribution in [1.29, 1.82) is 0 Å². The Balaban J connectivity index is 1.92. The standard InChI is InChI=1S/C11H13BrN4OS/c1-6(8-3-4-9(12)18-8)11(17)13-5-10-14-7(2)15-16-10/h3-4,6H,5H2,1-2H3,(H,13,17)(H,14,15,16)/t6-/m0/s1. The predicted octanol–water partition coefficient (Wildman–Crippen LogP) is 2.36. The topological polar surface area (TPSA) is 70.7 Å². The number of H-pyrrole nitrogens is 1. The fraction of sp³-hybridized carbons (Fsp3) is 0.364. The fourth-order valence-corrected chi connectivity index (χ4v) is 2.95. The molecule has 2 aromatic rings. The quantitative estimate of drug-likeness (QED) is 0.905. The van der Waals surface area contributed by atoms with Crippen LogP contribution in [-0.4, -0.2) is 21.1 Å². The number of thiophene rings is 1. The maximum Gasteiger partial charge on any atom is 0.228 e. The van der Waals surface area contributed by atoms with E-state index in [-0.39, 0.29) is 11.8 Å². The zero-order chi connectivity index (χ0) is 13.1. The lowest BCUT2D eigenvalue weighted by Gasteiger charge is -2.08. The minimum Gasteiger partial charge on any atom is -0.348 e. The van der Waals surface area contributed by atoms with Crippen molar-refractivity contribution in [1.82, 2.24) is 20.5 Å². The second-order valence-electron chi connectivity index (χ2n) is 3.92. The smallest absolute Gasteiger partial charge is 0.228 e. The molecule has 2 N–H and O–H groups in total. The van der Waals surface area contributed by atoms with Gasteiger partial charge in [0.25, 0.3) is 0 Å². The number of nitrogens with one attached hydrogen (secondary N) is 2. The van der Waals surface area contributed by atoms with Crippen molar-refractivity contribution in [2.75, 3.05) is 0 Å². The minimum absolute atomic E-state index is 0.0215. The van der Waals surface area contributed by atoms with Crippen LogP contribution in [0.25, 0.3) is 0 Å². The molecule has 1 atom stereocenters. The number of hydrogen-bond donors (Lipinski definition) is 2. The molecule has 2 aromatic heterocycles. The molecular formula is C11H13BrN4OS. The largest absolute Gasteiger partial charge is 0.348 e. The summed E-state index contributed by atoms with van der Waals surface area (Å²) in [6.45, 7) is 4.06. The van der Waals surface area contributed by atoms with Crippen LogP contribution in [0.5, 0.6) is 0 Å². The number of nitrogens with zero attached hydrogens (tertiary/aromatic N) is 2. The molecule has 0 radical (unpaired) electrons. The third kappa shape index (κ3) is 3.17. The Kier molecular flexibility index (Phi) is 4.13. The van der Waals surface area contributed by atoms with Gasteiger partial charge in [-0.3, -0.25) is 9.89 Å². The third-order valence-electron chi connectivity index (χ3n) is 2.48. The van der Waals surface area contributed by atoms with Crippen LogP contribution in [0.4, 0.5) is 0 Å². The Labute approximate surface area is 117 Å². The summed E-state index contributed by atoms with van der Waals surface area (Å²) < 4.78 is 1.03. The van der Waals surface area contributed by atoms with E-state index >= 15 is 0 Å². The summed E-state index contributed by atoms with van der Waals surface area (Å²) in [5.41, 5.74) is 0. The van der Waals surface area contributed by atoms with Gasteiger partial charge in [0, 0.05) is 4.88 Å². The van der Waals surface area contributed by atoms with Gasteiger partial charge in [0.2, 0.25) is 5.91 Å². The molecule has 2 rings (SSSR count). The molecule has 0 unspecified atom stereocenters. The number of halogens is 1. The molecule has 2 heterocycles. The van der Waals surface area contributed by atoms with E-state index in [1.807, 2.05) is 26.0 Å². The third-order valence-corrected chi connectivity index (χ3v) is 4.28.